The average molecular weight is 376 g/mol. The first-order chi connectivity index (χ1) is 12.5. The van der Waals surface area contributed by atoms with E-state index in [0.717, 1.165) is 12.4 Å². The summed E-state index contributed by atoms with van der Waals surface area (Å²) in [5.74, 6) is -0.529. The van der Waals surface area contributed by atoms with Crippen molar-refractivity contribution in [2.24, 2.45) is 0 Å². The molecule has 0 aliphatic heterocycles. The van der Waals surface area contributed by atoms with Gasteiger partial charge in [0, 0.05) is 6.04 Å². The van der Waals surface area contributed by atoms with Crippen LogP contribution in [0.25, 0.3) is 0 Å². The Kier molecular flexibility index (Phi) is 5.44. The number of sulfonamides is 1. The SMILES string of the molecule is N#Cc1ccc(S(=O)(=O)NC2CCC(Oc3ncc(F)cn3)CC2)cc1. The number of ether oxygens (including phenoxy) is 1. The molecule has 2 aromatic rings. The molecule has 1 heterocycles. The van der Waals surface area contributed by atoms with Gasteiger partial charge in [0.2, 0.25) is 10.0 Å². The van der Waals surface area contributed by atoms with Gasteiger partial charge in [-0.2, -0.15) is 5.26 Å². The minimum Gasteiger partial charge on any atom is -0.460 e. The van der Waals surface area contributed by atoms with Gasteiger partial charge in [-0.15, -0.1) is 0 Å². The molecule has 7 nitrogen and oxygen atoms in total. The van der Waals surface area contributed by atoms with Crippen LogP contribution in [0.3, 0.4) is 0 Å². The van der Waals surface area contributed by atoms with E-state index in [0.29, 0.717) is 31.2 Å². The summed E-state index contributed by atoms with van der Waals surface area (Å²) in [7, 11) is -3.63. The van der Waals surface area contributed by atoms with E-state index in [-0.39, 0.29) is 23.1 Å². The number of hydrogen-bond donors (Lipinski definition) is 1. The highest BCUT2D eigenvalue weighted by atomic mass is 32.2. The lowest BCUT2D eigenvalue weighted by molar-refractivity contribution is 0.132. The summed E-state index contributed by atoms with van der Waals surface area (Å²) in [5, 5.41) is 8.78. The first-order valence-electron chi connectivity index (χ1n) is 8.13. The predicted molar refractivity (Wildman–Crippen MR) is 90.1 cm³/mol. The molecular weight excluding hydrogens is 359 g/mol. The molecule has 9 heteroatoms. The number of halogens is 1. The van der Waals surface area contributed by atoms with E-state index in [4.69, 9.17) is 10.00 Å². The smallest absolute Gasteiger partial charge is 0.316 e. The van der Waals surface area contributed by atoms with Crippen LogP contribution in [-0.2, 0) is 10.0 Å². The largest absolute Gasteiger partial charge is 0.460 e. The van der Waals surface area contributed by atoms with Gasteiger partial charge in [-0.05, 0) is 49.9 Å². The van der Waals surface area contributed by atoms with Crippen molar-refractivity contribution in [1.29, 1.82) is 5.26 Å². The number of rotatable bonds is 5. The van der Waals surface area contributed by atoms with E-state index in [9.17, 15) is 12.8 Å². The van der Waals surface area contributed by atoms with Crippen LogP contribution >= 0.6 is 0 Å². The van der Waals surface area contributed by atoms with Crippen LogP contribution in [0.15, 0.2) is 41.6 Å². The molecule has 0 radical (unpaired) electrons. The van der Waals surface area contributed by atoms with E-state index >= 15 is 0 Å². The van der Waals surface area contributed by atoms with E-state index in [1.165, 1.54) is 24.3 Å². The molecule has 1 aliphatic rings. The molecule has 1 aromatic carbocycles. The number of hydrogen-bond acceptors (Lipinski definition) is 6. The maximum absolute atomic E-state index is 12.8. The minimum atomic E-state index is -3.63. The first-order valence-corrected chi connectivity index (χ1v) is 9.61. The Morgan fingerprint density at radius 1 is 1.12 bits per heavy atom. The fourth-order valence-corrected chi connectivity index (χ4v) is 4.11. The van der Waals surface area contributed by atoms with E-state index in [1.807, 2.05) is 6.07 Å². The van der Waals surface area contributed by atoms with Gasteiger partial charge in [-0.25, -0.2) is 27.5 Å². The molecule has 0 atom stereocenters. The van der Waals surface area contributed by atoms with Crippen molar-refractivity contribution in [3.63, 3.8) is 0 Å². The van der Waals surface area contributed by atoms with E-state index in [2.05, 4.69) is 14.7 Å². The van der Waals surface area contributed by atoms with Gasteiger partial charge in [-0.1, -0.05) is 0 Å². The zero-order valence-corrected chi connectivity index (χ0v) is 14.6. The maximum atomic E-state index is 12.8. The second-order valence-corrected chi connectivity index (χ2v) is 7.75. The highest BCUT2D eigenvalue weighted by Gasteiger charge is 2.27. The molecule has 0 bridgehead atoms. The Bertz CT molecular complexity index is 887. The summed E-state index contributed by atoms with van der Waals surface area (Å²) in [6.07, 6.45) is 4.46. The quantitative estimate of drug-likeness (QED) is 0.857. The molecule has 1 N–H and O–H groups in total. The van der Waals surface area contributed by atoms with Crippen LogP contribution in [0.5, 0.6) is 6.01 Å². The van der Waals surface area contributed by atoms with Gasteiger partial charge in [0.05, 0.1) is 28.9 Å². The number of benzene rings is 1. The molecule has 1 saturated carbocycles. The number of nitriles is 1. The standard InChI is InChI=1S/C17H17FN4O3S/c18-13-10-20-17(21-11-13)25-15-5-3-14(4-6-15)22-26(23,24)16-7-1-12(9-19)2-8-16/h1-2,7-8,10-11,14-15,22H,3-6H2. The lowest BCUT2D eigenvalue weighted by Gasteiger charge is -2.28. The van der Waals surface area contributed by atoms with Crippen molar-refractivity contribution in [3.05, 3.63) is 48.0 Å². The molecule has 1 fully saturated rings. The third kappa shape index (κ3) is 4.53. The molecule has 1 aromatic heterocycles. The first kappa shape index (κ1) is 18.2. The van der Waals surface area contributed by atoms with Crippen LogP contribution in [0.1, 0.15) is 31.2 Å². The maximum Gasteiger partial charge on any atom is 0.316 e. The Morgan fingerprint density at radius 2 is 1.73 bits per heavy atom. The molecule has 0 amide bonds. The van der Waals surface area contributed by atoms with Gasteiger partial charge in [0.1, 0.15) is 6.10 Å². The van der Waals surface area contributed by atoms with Gasteiger partial charge < -0.3 is 4.74 Å². The summed E-state index contributed by atoms with van der Waals surface area (Å²) in [5.41, 5.74) is 0.407. The number of nitrogens with zero attached hydrogens (tertiary/aromatic N) is 3. The Balaban J connectivity index is 1.54. The second-order valence-electron chi connectivity index (χ2n) is 6.03. The minimum absolute atomic E-state index is 0.119. The van der Waals surface area contributed by atoms with Gasteiger partial charge in [-0.3, -0.25) is 0 Å². The normalized spacial score (nSPS) is 20.3. The van der Waals surface area contributed by atoms with Crippen molar-refractivity contribution < 1.29 is 17.5 Å². The summed E-state index contributed by atoms with van der Waals surface area (Å²) in [6, 6.07) is 7.67. The molecule has 0 unspecified atom stereocenters. The van der Waals surface area contributed by atoms with Crippen molar-refractivity contribution in [1.82, 2.24) is 14.7 Å². The van der Waals surface area contributed by atoms with Crippen LogP contribution < -0.4 is 9.46 Å². The van der Waals surface area contributed by atoms with Crippen molar-refractivity contribution in [3.8, 4) is 12.1 Å². The van der Waals surface area contributed by atoms with Gasteiger partial charge in [0.15, 0.2) is 5.82 Å². The topological polar surface area (TPSA) is 105 Å². The molecular formula is C17H17FN4O3S. The second kappa shape index (κ2) is 7.76. The monoisotopic (exact) mass is 376 g/mol. The highest BCUT2D eigenvalue weighted by molar-refractivity contribution is 7.89. The summed E-state index contributed by atoms with van der Waals surface area (Å²) in [4.78, 5) is 7.66. The molecule has 0 saturated heterocycles. The fraction of sp³-hybridized carbons (Fsp3) is 0.353. The van der Waals surface area contributed by atoms with Crippen molar-refractivity contribution in [2.45, 2.75) is 42.7 Å². The van der Waals surface area contributed by atoms with Crippen LogP contribution in [-0.4, -0.2) is 30.5 Å². The lowest BCUT2D eigenvalue weighted by atomic mass is 9.94. The average Bonchev–Trinajstić information content (AvgIpc) is 2.65. The van der Waals surface area contributed by atoms with Crippen molar-refractivity contribution >= 4 is 10.0 Å². The molecule has 1 aliphatic carbocycles. The number of nitrogens with one attached hydrogen (secondary N) is 1. The predicted octanol–water partition coefficient (Wildman–Crippen LogP) is 2.16. The summed E-state index contributed by atoms with van der Waals surface area (Å²) < 4.78 is 45.9. The van der Waals surface area contributed by atoms with Crippen LogP contribution in [0, 0.1) is 17.1 Å². The highest BCUT2D eigenvalue weighted by Crippen LogP contribution is 2.23. The van der Waals surface area contributed by atoms with E-state index in [1.54, 1.807) is 0 Å². The number of aromatic nitrogens is 2. The third-order valence-electron chi connectivity index (χ3n) is 4.16. The van der Waals surface area contributed by atoms with Crippen LogP contribution in [0.4, 0.5) is 4.39 Å². The molecule has 0 spiro atoms. The van der Waals surface area contributed by atoms with Crippen molar-refractivity contribution in [2.75, 3.05) is 0 Å². The Hall–Kier alpha value is -2.57. The van der Waals surface area contributed by atoms with Gasteiger partial charge >= 0.3 is 6.01 Å². The fourth-order valence-electron chi connectivity index (χ4n) is 2.80. The molecule has 26 heavy (non-hydrogen) atoms. The van der Waals surface area contributed by atoms with Gasteiger partial charge in [0.25, 0.3) is 0 Å². The summed E-state index contributed by atoms with van der Waals surface area (Å²) in [6.45, 7) is 0. The molecule has 136 valence electrons. The molecule has 3 rings (SSSR count). The lowest BCUT2D eigenvalue weighted by Crippen LogP contribution is -2.39. The van der Waals surface area contributed by atoms with Crippen LogP contribution in [0.2, 0.25) is 0 Å². The Morgan fingerprint density at radius 3 is 2.31 bits per heavy atom. The zero-order chi connectivity index (χ0) is 18.6. The zero-order valence-electron chi connectivity index (χ0n) is 13.8. The summed E-state index contributed by atoms with van der Waals surface area (Å²) >= 11 is 0. The third-order valence-corrected chi connectivity index (χ3v) is 5.69. The van der Waals surface area contributed by atoms with E-state index < -0.39 is 15.8 Å². The Labute approximate surface area is 150 Å².